The Labute approximate surface area is 120 Å². The van der Waals surface area contributed by atoms with Crippen molar-refractivity contribution in [3.63, 3.8) is 0 Å². The highest BCUT2D eigenvalue weighted by Crippen LogP contribution is 2.43. The molecule has 0 radical (unpaired) electrons. The molecule has 0 aliphatic heterocycles. The Hall–Kier alpha value is -1.82. The van der Waals surface area contributed by atoms with E-state index >= 15 is 0 Å². The van der Waals surface area contributed by atoms with Gasteiger partial charge in [0, 0.05) is 0 Å². The predicted octanol–water partition coefficient (Wildman–Crippen LogP) is 3.68. The summed E-state index contributed by atoms with van der Waals surface area (Å²) in [6.45, 7) is 1.93. The molecule has 1 aliphatic rings. The molecule has 0 saturated heterocycles. The fourth-order valence-electron chi connectivity index (χ4n) is 2.46. The van der Waals surface area contributed by atoms with Crippen molar-refractivity contribution in [3.05, 3.63) is 41.9 Å². The van der Waals surface area contributed by atoms with Gasteiger partial charge in [-0.25, -0.2) is 4.98 Å². The van der Waals surface area contributed by atoms with Crippen LogP contribution in [0.3, 0.4) is 0 Å². The lowest BCUT2D eigenvalue weighted by Gasteiger charge is -2.21. The van der Waals surface area contributed by atoms with E-state index in [0.717, 1.165) is 25.0 Å². The highest BCUT2D eigenvalue weighted by Gasteiger charge is 2.41. The van der Waals surface area contributed by atoms with Crippen molar-refractivity contribution < 1.29 is 13.2 Å². The third-order valence-corrected chi connectivity index (χ3v) is 4.03. The van der Waals surface area contributed by atoms with Crippen molar-refractivity contribution in [2.24, 2.45) is 11.7 Å². The van der Waals surface area contributed by atoms with Crippen LogP contribution in [0.2, 0.25) is 0 Å². The number of rotatable bonds is 3. The summed E-state index contributed by atoms with van der Waals surface area (Å²) in [6.07, 6.45) is -0.530. The van der Waals surface area contributed by atoms with Gasteiger partial charge in [0.2, 0.25) is 0 Å². The minimum atomic E-state index is -4.32. The van der Waals surface area contributed by atoms with E-state index in [1.165, 1.54) is 12.1 Å². The van der Waals surface area contributed by atoms with Crippen LogP contribution in [0.25, 0.3) is 11.3 Å². The molecule has 3 rings (SSSR count). The zero-order valence-corrected chi connectivity index (χ0v) is 11.5. The molecule has 0 spiro atoms. The smallest absolute Gasteiger partial charge is 0.340 e. The van der Waals surface area contributed by atoms with Crippen LogP contribution < -0.4 is 5.73 Å². The van der Waals surface area contributed by atoms with Crippen LogP contribution in [0.4, 0.5) is 13.2 Å². The molecule has 0 amide bonds. The first-order valence-corrected chi connectivity index (χ1v) is 6.80. The van der Waals surface area contributed by atoms with Crippen molar-refractivity contribution in [1.29, 1.82) is 0 Å². The second-order valence-corrected chi connectivity index (χ2v) is 5.78. The summed E-state index contributed by atoms with van der Waals surface area (Å²) in [6, 6.07) is 5.01. The fourth-order valence-corrected chi connectivity index (χ4v) is 2.46. The molecule has 21 heavy (non-hydrogen) atoms. The summed E-state index contributed by atoms with van der Waals surface area (Å²) in [4.78, 5) is 7.43. The molecule has 1 heterocycles. The maximum Gasteiger partial charge on any atom is 0.416 e. The number of halogens is 3. The van der Waals surface area contributed by atoms with Crippen LogP contribution in [0.1, 0.15) is 31.2 Å². The van der Waals surface area contributed by atoms with E-state index in [4.69, 9.17) is 5.73 Å². The highest BCUT2D eigenvalue weighted by molar-refractivity contribution is 5.59. The van der Waals surface area contributed by atoms with Gasteiger partial charge in [-0.15, -0.1) is 0 Å². The molecule has 112 valence electrons. The van der Waals surface area contributed by atoms with Crippen molar-refractivity contribution in [2.75, 3.05) is 0 Å². The van der Waals surface area contributed by atoms with E-state index in [2.05, 4.69) is 9.97 Å². The lowest BCUT2D eigenvalue weighted by Crippen LogP contribution is -2.36. The molecule has 1 fully saturated rings. The zero-order chi connectivity index (χ0) is 15.3. The van der Waals surface area contributed by atoms with Crippen molar-refractivity contribution in [1.82, 2.24) is 9.97 Å². The minimum absolute atomic E-state index is 0.420. The lowest BCUT2D eigenvalue weighted by atomic mass is 9.97. The molecule has 1 aromatic carbocycles. The second-order valence-electron chi connectivity index (χ2n) is 5.78. The van der Waals surface area contributed by atoms with Crippen LogP contribution in [0.5, 0.6) is 0 Å². The number of hydrogen-bond acceptors (Lipinski definition) is 2. The van der Waals surface area contributed by atoms with Gasteiger partial charge in [0.25, 0.3) is 0 Å². The lowest BCUT2D eigenvalue weighted by molar-refractivity contribution is -0.137. The Kier molecular flexibility index (Phi) is 3.09. The first-order valence-electron chi connectivity index (χ1n) is 6.80. The Morgan fingerprint density at radius 1 is 1.19 bits per heavy atom. The van der Waals surface area contributed by atoms with Gasteiger partial charge in [-0.2, -0.15) is 13.2 Å². The number of imidazole rings is 1. The van der Waals surface area contributed by atoms with Crippen molar-refractivity contribution in [2.45, 2.75) is 31.5 Å². The summed E-state index contributed by atoms with van der Waals surface area (Å²) < 4.78 is 37.6. The molecule has 2 aromatic rings. The number of alkyl halides is 3. The predicted molar refractivity (Wildman–Crippen MR) is 73.3 cm³/mol. The number of nitrogens with one attached hydrogen (secondary N) is 1. The second kappa shape index (κ2) is 4.59. The summed E-state index contributed by atoms with van der Waals surface area (Å²) in [5.41, 5.74) is 6.44. The molecule has 3 N–H and O–H groups in total. The number of benzene rings is 1. The molecular formula is C15H16F3N3. The Morgan fingerprint density at radius 3 is 2.33 bits per heavy atom. The van der Waals surface area contributed by atoms with Crippen LogP contribution in [0, 0.1) is 5.92 Å². The van der Waals surface area contributed by atoms with E-state index in [1.54, 1.807) is 6.20 Å². The van der Waals surface area contributed by atoms with Gasteiger partial charge in [-0.3, -0.25) is 0 Å². The SMILES string of the molecule is CC(N)(c1ncc(-c2ccc(C(F)(F)F)cc2)[nH]1)C1CC1. The molecular weight excluding hydrogens is 279 g/mol. The van der Waals surface area contributed by atoms with Crippen molar-refractivity contribution in [3.8, 4) is 11.3 Å². The molecule has 6 heteroatoms. The average Bonchev–Trinajstić information content (AvgIpc) is 3.16. The molecule has 0 bridgehead atoms. The van der Waals surface area contributed by atoms with Crippen LogP contribution in [-0.4, -0.2) is 9.97 Å². The zero-order valence-electron chi connectivity index (χ0n) is 11.5. The molecule has 1 aliphatic carbocycles. The quantitative estimate of drug-likeness (QED) is 0.907. The number of hydrogen-bond donors (Lipinski definition) is 2. The van der Waals surface area contributed by atoms with E-state index in [-0.39, 0.29) is 0 Å². The number of aromatic nitrogens is 2. The van der Waals surface area contributed by atoms with Crippen molar-refractivity contribution >= 4 is 0 Å². The maximum atomic E-state index is 12.5. The Balaban J connectivity index is 1.86. The molecule has 1 unspecified atom stereocenters. The highest BCUT2D eigenvalue weighted by atomic mass is 19.4. The van der Waals surface area contributed by atoms with E-state index < -0.39 is 17.3 Å². The minimum Gasteiger partial charge on any atom is -0.340 e. The Bertz CT molecular complexity index is 637. The standard InChI is InChI=1S/C15H16F3N3/c1-14(19,10-6-7-10)13-20-8-12(21-13)9-2-4-11(5-3-9)15(16,17)18/h2-5,8,10H,6-7,19H2,1H3,(H,20,21). The summed E-state index contributed by atoms with van der Waals surface area (Å²) >= 11 is 0. The van der Waals surface area contributed by atoms with Gasteiger partial charge in [0.15, 0.2) is 0 Å². The van der Waals surface area contributed by atoms with E-state index in [1.807, 2.05) is 6.92 Å². The molecule has 1 aromatic heterocycles. The molecule has 1 saturated carbocycles. The number of H-pyrrole nitrogens is 1. The third-order valence-electron chi connectivity index (χ3n) is 4.03. The summed E-state index contributed by atoms with van der Waals surface area (Å²) in [7, 11) is 0. The molecule has 1 atom stereocenters. The van der Waals surface area contributed by atoms with Crippen LogP contribution >= 0.6 is 0 Å². The van der Waals surface area contributed by atoms with Gasteiger partial charge >= 0.3 is 6.18 Å². The summed E-state index contributed by atoms with van der Waals surface area (Å²) in [5.74, 6) is 1.10. The average molecular weight is 295 g/mol. The topological polar surface area (TPSA) is 54.7 Å². The Morgan fingerprint density at radius 2 is 1.81 bits per heavy atom. The first-order chi connectivity index (χ1) is 9.78. The number of nitrogens with zero attached hydrogens (tertiary/aromatic N) is 1. The van der Waals surface area contributed by atoms with Gasteiger partial charge in [-0.1, -0.05) is 12.1 Å². The normalized spacial score (nSPS) is 18.5. The molecule has 3 nitrogen and oxygen atoms in total. The number of nitrogens with two attached hydrogens (primary N) is 1. The summed E-state index contributed by atoms with van der Waals surface area (Å²) in [5, 5.41) is 0. The monoisotopic (exact) mass is 295 g/mol. The van der Waals surface area contributed by atoms with Gasteiger partial charge in [0.1, 0.15) is 5.82 Å². The van der Waals surface area contributed by atoms with Gasteiger partial charge < -0.3 is 10.7 Å². The first kappa shape index (κ1) is 14.1. The van der Waals surface area contributed by atoms with E-state index in [9.17, 15) is 13.2 Å². The number of aromatic amines is 1. The van der Waals surface area contributed by atoms with Gasteiger partial charge in [-0.05, 0) is 43.4 Å². The van der Waals surface area contributed by atoms with E-state index in [0.29, 0.717) is 23.0 Å². The third kappa shape index (κ3) is 2.68. The largest absolute Gasteiger partial charge is 0.416 e. The maximum absolute atomic E-state index is 12.5. The van der Waals surface area contributed by atoms with Crippen LogP contribution in [-0.2, 0) is 11.7 Å². The van der Waals surface area contributed by atoms with Crippen LogP contribution in [0.15, 0.2) is 30.5 Å². The van der Waals surface area contributed by atoms with Gasteiger partial charge in [0.05, 0.1) is 23.0 Å². The fraction of sp³-hybridized carbons (Fsp3) is 0.400.